The van der Waals surface area contributed by atoms with Gasteiger partial charge in [0.1, 0.15) is 17.5 Å². The van der Waals surface area contributed by atoms with Crippen LogP contribution in [0.15, 0.2) is 41.2 Å². The maximum atomic E-state index is 13.4. The number of carbonyl (C=O) groups is 2. The van der Waals surface area contributed by atoms with Gasteiger partial charge in [0.25, 0.3) is 11.5 Å². The predicted octanol–water partition coefficient (Wildman–Crippen LogP) is 2.31. The Balaban J connectivity index is 1.73. The molecule has 4 rings (SSSR count). The van der Waals surface area contributed by atoms with Crippen molar-refractivity contribution in [2.45, 2.75) is 32.4 Å². The second-order valence-electron chi connectivity index (χ2n) is 7.56. The largest absolute Gasteiger partial charge is 0.497 e. The minimum Gasteiger partial charge on any atom is -0.497 e. The summed E-state index contributed by atoms with van der Waals surface area (Å²) < 4.78 is 11.9. The van der Waals surface area contributed by atoms with Crippen LogP contribution in [0.5, 0.6) is 11.5 Å². The van der Waals surface area contributed by atoms with Crippen molar-refractivity contribution < 1.29 is 19.1 Å². The normalized spacial score (nSPS) is 16.0. The van der Waals surface area contributed by atoms with Gasteiger partial charge in [0.15, 0.2) is 0 Å². The number of amides is 2. The molecule has 0 saturated carbocycles. The van der Waals surface area contributed by atoms with Crippen LogP contribution in [-0.2, 0) is 16.1 Å². The summed E-state index contributed by atoms with van der Waals surface area (Å²) in [7, 11) is 3.18. The molecule has 32 heavy (non-hydrogen) atoms. The molecule has 1 aliphatic rings. The molecule has 1 fully saturated rings. The van der Waals surface area contributed by atoms with E-state index in [9.17, 15) is 14.4 Å². The van der Waals surface area contributed by atoms with E-state index in [0.717, 1.165) is 5.56 Å². The third-order valence-electron chi connectivity index (χ3n) is 5.60. The molecular weight excluding hydrogens is 412 g/mol. The number of hydrogen-bond donors (Lipinski definition) is 2. The number of rotatable bonds is 6. The SMILES string of the molecule is COc1ccc(CNc2cccc3c(C)nn(C4CCC(=O)NC4=O)c(=O)c23)c(OC)c1. The van der Waals surface area contributed by atoms with Gasteiger partial charge < -0.3 is 14.8 Å². The fraction of sp³-hybridized carbons (Fsp3) is 0.304. The van der Waals surface area contributed by atoms with E-state index in [1.165, 1.54) is 4.68 Å². The molecule has 1 unspecified atom stereocenters. The van der Waals surface area contributed by atoms with Gasteiger partial charge in [-0.15, -0.1) is 0 Å². The Morgan fingerprint density at radius 3 is 2.69 bits per heavy atom. The molecular formula is C23H24N4O5. The summed E-state index contributed by atoms with van der Waals surface area (Å²) in [5.74, 6) is 0.496. The van der Waals surface area contributed by atoms with Gasteiger partial charge in [-0.25, -0.2) is 4.68 Å². The fourth-order valence-corrected chi connectivity index (χ4v) is 3.92. The molecule has 0 spiro atoms. The van der Waals surface area contributed by atoms with E-state index in [1.807, 2.05) is 30.3 Å². The third kappa shape index (κ3) is 3.89. The van der Waals surface area contributed by atoms with Gasteiger partial charge in [0.2, 0.25) is 5.91 Å². The Morgan fingerprint density at radius 2 is 1.97 bits per heavy atom. The number of nitrogens with zero attached hydrogens (tertiary/aromatic N) is 2. The topological polar surface area (TPSA) is 112 Å². The zero-order valence-corrected chi connectivity index (χ0v) is 18.1. The van der Waals surface area contributed by atoms with Crippen molar-refractivity contribution in [3.05, 3.63) is 58.0 Å². The van der Waals surface area contributed by atoms with Crippen molar-refractivity contribution in [3.8, 4) is 11.5 Å². The van der Waals surface area contributed by atoms with Gasteiger partial charge in [-0.2, -0.15) is 5.10 Å². The first-order valence-corrected chi connectivity index (χ1v) is 10.2. The number of nitrogens with one attached hydrogen (secondary N) is 2. The summed E-state index contributed by atoms with van der Waals surface area (Å²) in [5, 5.41) is 11.1. The number of aryl methyl sites for hydroxylation is 1. The van der Waals surface area contributed by atoms with Crippen LogP contribution in [0.2, 0.25) is 0 Å². The van der Waals surface area contributed by atoms with Gasteiger partial charge >= 0.3 is 0 Å². The average molecular weight is 436 g/mol. The highest BCUT2D eigenvalue weighted by molar-refractivity contribution is 6.00. The summed E-state index contributed by atoms with van der Waals surface area (Å²) in [6, 6.07) is 10.2. The number of fused-ring (bicyclic) bond motifs is 1. The molecule has 9 nitrogen and oxygen atoms in total. The lowest BCUT2D eigenvalue weighted by molar-refractivity contribution is -0.136. The van der Waals surface area contributed by atoms with E-state index < -0.39 is 11.9 Å². The Morgan fingerprint density at radius 1 is 1.16 bits per heavy atom. The molecule has 0 aliphatic carbocycles. The number of hydrogen-bond acceptors (Lipinski definition) is 7. The van der Waals surface area contributed by atoms with Gasteiger partial charge in [0.05, 0.1) is 25.3 Å². The second-order valence-corrected chi connectivity index (χ2v) is 7.56. The number of piperidine rings is 1. The molecule has 1 saturated heterocycles. The van der Waals surface area contributed by atoms with E-state index >= 15 is 0 Å². The Hall–Kier alpha value is -3.88. The van der Waals surface area contributed by atoms with Crippen LogP contribution in [-0.4, -0.2) is 35.8 Å². The Kier molecular flexibility index (Phi) is 5.81. The second kappa shape index (κ2) is 8.70. The average Bonchev–Trinajstić information content (AvgIpc) is 2.80. The van der Waals surface area contributed by atoms with E-state index in [2.05, 4.69) is 15.7 Å². The zero-order valence-electron chi connectivity index (χ0n) is 18.1. The highest BCUT2D eigenvalue weighted by Crippen LogP contribution is 2.28. The molecule has 166 valence electrons. The van der Waals surface area contributed by atoms with Crippen molar-refractivity contribution >= 4 is 28.3 Å². The summed E-state index contributed by atoms with van der Waals surface area (Å²) >= 11 is 0. The van der Waals surface area contributed by atoms with E-state index in [0.29, 0.717) is 40.2 Å². The van der Waals surface area contributed by atoms with Crippen molar-refractivity contribution in [2.24, 2.45) is 0 Å². The minimum absolute atomic E-state index is 0.165. The van der Waals surface area contributed by atoms with Gasteiger partial charge in [0, 0.05) is 35.7 Å². The summed E-state index contributed by atoms with van der Waals surface area (Å²) in [4.78, 5) is 37.3. The first-order valence-electron chi connectivity index (χ1n) is 10.2. The number of carbonyl (C=O) groups excluding carboxylic acids is 2. The number of methoxy groups -OCH3 is 2. The van der Waals surface area contributed by atoms with Crippen LogP contribution in [0.25, 0.3) is 10.8 Å². The van der Waals surface area contributed by atoms with Crippen molar-refractivity contribution in [2.75, 3.05) is 19.5 Å². The first kappa shape index (κ1) is 21.4. The summed E-state index contributed by atoms with van der Waals surface area (Å²) in [5.41, 5.74) is 1.75. The molecule has 3 aromatic rings. The molecule has 0 bridgehead atoms. The summed E-state index contributed by atoms with van der Waals surface area (Å²) in [6.07, 6.45) is 0.403. The van der Waals surface area contributed by atoms with E-state index in [4.69, 9.17) is 9.47 Å². The highest BCUT2D eigenvalue weighted by Gasteiger charge is 2.30. The minimum atomic E-state index is -0.821. The molecule has 2 heterocycles. The van der Waals surface area contributed by atoms with Crippen molar-refractivity contribution in [1.82, 2.24) is 15.1 Å². The maximum Gasteiger partial charge on any atom is 0.277 e. The Bertz CT molecular complexity index is 1270. The van der Waals surface area contributed by atoms with Crippen LogP contribution in [0.4, 0.5) is 5.69 Å². The molecule has 2 N–H and O–H groups in total. The summed E-state index contributed by atoms with van der Waals surface area (Å²) in [6.45, 7) is 2.20. The molecule has 0 radical (unpaired) electrons. The lowest BCUT2D eigenvalue weighted by Gasteiger charge is -2.23. The zero-order chi connectivity index (χ0) is 22.8. The molecule has 2 amide bonds. The monoisotopic (exact) mass is 436 g/mol. The number of imide groups is 1. The first-order chi connectivity index (χ1) is 15.4. The fourth-order valence-electron chi connectivity index (χ4n) is 3.92. The van der Waals surface area contributed by atoms with Gasteiger partial charge in [-0.1, -0.05) is 12.1 Å². The van der Waals surface area contributed by atoms with Crippen LogP contribution < -0.4 is 25.7 Å². The standard InChI is InChI=1S/C23H24N4O5/c1-13-16-5-4-6-17(24-12-14-7-8-15(31-2)11-19(14)32-3)21(16)23(30)27(26-13)18-9-10-20(28)25-22(18)29/h4-8,11,18,24H,9-10,12H2,1-3H3,(H,25,28,29). The van der Waals surface area contributed by atoms with Crippen LogP contribution in [0.1, 0.15) is 30.1 Å². The van der Waals surface area contributed by atoms with E-state index in [1.54, 1.807) is 27.2 Å². The maximum absolute atomic E-state index is 13.4. The quantitative estimate of drug-likeness (QED) is 0.571. The molecule has 9 heteroatoms. The van der Waals surface area contributed by atoms with Crippen molar-refractivity contribution in [1.29, 1.82) is 0 Å². The predicted molar refractivity (Wildman–Crippen MR) is 119 cm³/mol. The van der Waals surface area contributed by atoms with Crippen molar-refractivity contribution in [3.63, 3.8) is 0 Å². The van der Waals surface area contributed by atoms with Crippen LogP contribution in [0, 0.1) is 6.92 Å². The van der Waals surface area contributed by atoms with Crippen LogP contribution >= 0.6 is 0 Å². The molecule has 2 aromatic carbocycles. The molecule has 1 aromatic heterocycles. The lowest BCUT2D eigenvalue weighted by atomic mass is 10.0. The highest BCUT2D eigenvalue weighted by atomic mass is 16.5. The number of aromatic nitrogens is 2. The molecule has 1 aliphatic heterocycles. The van der Waals surface area contributed by atoms with Crippen LogP contribution in [0.3, 0.4) is 0 Å². The smallest absolute Gasteiger partial charge is 0.277 e. The lowest BCUT2D eigenvalue weighted by Crippen LogP contribution is -2.45. The Labute approximate surface area is 184 Å². The number of ether oxygens (including phenoxy) is 2. The van der Waals surface area contributed by atoms with E-state index in [-0.39, 0.29) is 24.3 Å². The molecule has 1 atom stereocenters. The number of benzene rings is 2. The van der Waals surface area contributed by atoms with Gasteiger partial charge in [-0.3, -0.25) is 19.7 Å². The number of anilines is 1. The third-order valence-corrected chi connectivity index (χ3v) is 5.60. The van der Waals surface area contributed by atoms with Gasteiger partial charge in [-0.05, 0) is 31.5 Å².